The Kier molecular flexibility index (Phi) is 4.24. The lowest BCUT2D eigenvalue weighted by Gasteiger charge is -2.11. The van der Waals surface area contributed by atoms with Crippen molar-refractivity contribution in [3.05, 3.63) is 120 Å². The van der Waals surface area contributed by atoms with Gasteiger partial charge < -0.3 is 8.98 Å². The zero-order valence-electron chi connectivity index (χ0n) is 19.1. The largest absolute Gasteiger partial charge is 0.456 e. The first-order valence-electron chi connectivity index (χ1n) is 11.6. The van der Waals surface area contributed by atoms with Gasteiger partial charge in [0.2, 0.25) is 0 Å². The van der Waals surface area contributed by atoms with Gasteiger partial charge in [-0.2, -0.15) is 5.26 Å². The van der Waals surface area contributed by atoms with Crippen LogP contribution >= 0.6 is 0 Å². The first kappa shape index (κ1) is 20.1. The molecule has 0 N–H and O–H groups in total. The first-order chi connectivity index (χ1) is 17.8. The molecule has 0 bridgehead atoms. The summed E-state index contributed by atoms with van der Waals surface area (Å²) in [7, 11) is 0. The van der Waals surface area contributed by atoms with Crippen LogP contribution in [-0.2, 0) is 0 Å². The van der Waals surface area contributed by atoms with Crippen LogP contribution in [0.1, 0.15) is 5.56 Å². The Hall–Kier alpha value is -5.32. The molecule has 7 aromatic rings. The van der Waals surface area contributed by atoms with Crippen molar-refractivity contribution in [2.75, 3.05) is 0 Å². The average Bonchev–Trinajstić information content (AvgIpc) is 3.48. The van der Waals surface area contributed by atoms with Gasteiger partial charge in [0.1, 0.15) is 11.2 Å². The molecule has 0 amide bonds. The Bertz CT molecular complexity index is 2050. The van der Waals surface area contributed by atoms with Crippen molar-refractivity contribution in [3.63, 3.8) is 0 Å². The highest BCUT2D eigenvalue weighted by Crippen LogP contribution is 2.43. The van der Waals surface area contributed by atoms with Crippen LogP contribution in [0.5, 0.6) is 0 Å². The maximum Gasteiger partial charge on any atom is 0.196 e. The van der Waals surface area contributed by atoms with E-state index in [1.807, 2.05) is 48.5 Å². The third-order valence-corrected chi connectivity index (χ3v) is 6.87. The SMILES string of the molecule is [C-]#[N+]c1cccc(C#N)c1-c1cccc2c1c1ccccc1n2-c1ccc2oc3ccccc3c2c1. The number of rotatable bonds is 2. The lowest BCUT2D eigenvalue weighted by molar-refractivity contribution is 0.669. The normalized spacial score (nSPS) is 11.3. The van der Waals surface area contributed by atoms with Gasteiger partial charge in [-0.05, 0) is 48.0 Å². The number of aromatic nitrogens is 1. The van der Waals surface area contributed by atoms with Crippen molar-refractivity contribution < 1.29 is 4.42 Å². The summed E-state index contributed by atoms with van der Waals surface area (Å²) in [6.07, 6.45) is 0. The summed E-state index contributed by atoms with van der Waals surface area (Å²) >= 11 is 0. The molecule has 0 radical (unpaired) electrons. The molecule has 2 heterocycles. The molecule has 4 heteroatoms. The minimum absolute atomic E-state index is 0.477. The van der Waals surface area contributed by atoms with E-state index < -0.39 is 0 Å². The highest BCUT2D eigenvalue weighted by molar-refractivity contribution is 6.17. The Balaban J connectivity index is 1.61. The van der Waals surface area contributed by atoms with Gasteiger partial charge in [0, 0.05) is 38.4 Å². The number of hydrogen-bond donors (Lipinski definition) is 0. The molecule has 0 saturated heterocycles. The highest BCUT2D eigenvalue weighted by atomic mass is 16.3. The topological polar surface area (TPSA) is 46.2 Å². The second-order valence-electron chi connectivity index (χ2n) is 8.75. The van der Waals surface area contributed by atoms with Crippen LogP contribution in [-0.4, -0.2) is 4.57 Å². The molecule has 0 atom stereocenters. The van der Waals surface area contributed by atoms with Gasteiger partial charge >= 0.3 is 0 Å². The van der Waals surface area contributed by atoms with E-state index in [0.717, 1.165) is 55.0 Å². The number of fused-ring (bicyclic) bond motifs is 6. The van der Waals surface area contributed by atoms with E-state index in [1.165, 1.54) is 0 Å². The zero-order chi connectivity index (χ0) is 24.2. The molecule has 0 spiro atoms. The third-order valence-electron chi connectivity index (χ3n) is 6.87. The molecule has 7 rings (SSSR count). The van der Waals surface area contributed by atoms with Gasteiger partial charge in [0.05, 0.1) is 23.7 Å². The Morgan fingerprint density at radius 1 is 0.722 bits per heavy atom. The van der Waals surface area contributed by atoms with Crippen LogP contribution in [0.4, 0.5) is 5.69 Å². The van der Waals surface area contributed by atoms with Gasteiger partial charge in [0.25, 0.3) is 0 Å². The van der Waals surface area contributed by atoms with E-state index in [4.69, 9.17) is 11.0 Å². The maximum atomic E-state index is 9.87. The zero-order valence-corrected chi connectivity index (χ0v) is 19.1. The number of furan rings is 1. The van der Waals surface area contributed by atoms with Gasteiger partial charge in [-0.15, -0.1) is 0 Å². The minimum Gasteiger partial charge on any atom is -0.456 e. The Morgan fingerprint density at radius 3 is 2.33 bits per heavy atom. The molecule has 0 aliphatic rings. The summed E-state index contributed by atoms with van der Waals surface area (Å²) in [6.45, 7) is 7.75. The average molecular weight is 460 g/mol. The fraction of sp³-hybridized carbons (Fsp3) is 0. The summed E-state index contributed by atoms with van der Waals surface area (Å²) in [4.78, 5) is 3.75. The fourth-order valence-corrected chi connectivity index (χ4v) is 5.37. The van der Waals surface area contributed by atoms with Crippen molar-refractivity contribution >= 4 is 49.4 Å². The van der Waals surface area contributed by atoms with Crippen molar-refractivity contribution in [1.82, 2.24) is 4.57 Å². The Labute approximate surface area is 206 Å². The molecule has 0 aliphatic heterocycles. The molecule has 4 nitrogen and oxygen atoms in total. The summed E-state index contributed by atoms with van der Waals surface area (Å²) < 4.78 is 8.31. The van der Waals surface area contributed by atoms with Crippen LogP contribution in [0.25, 0.3) is 65.4 Å². The molecule has 166 valence electrons. The van der Waals surface area contributed by atoms with E-state index in [9.17, 15) is 5.26 Å². The maximum absolute atomic E-state index is 9.87. The molecule has 5 aromatic carbocycles. The molecule has 36 heavy (non-hydrogen) atoms. The van der Waals surface area contributed by atoms with Crippen LogP contribution in [0.2, 0.25) is 0 Å². The van der Waals surface area contributed by atoms with E-state index in [2.05, 4.69) is 51.9 Å². The smallest absolute Gasteiger partial charge is 0.196 e. The summed E-state index contributed by atoms with van der Waals surface area (Å²) in [5.41, 5.74) is 7.37. The van der Waals surface area contributed by atoms with Crippen LogP contribution in [0, 0.1) is 17.9 Å². The lowest BCUT2D eigenvalue weighted by atomic mass is 9.94. The number of nitrogens with zero attached hydrogens (tertiary/aromatic N) is 3. The molecule has 0 aliphatic carbocycles. The van der Waals surface area contributed by atoms with Crippen molar-refractivity contribution in [3.8, 4) is 22.9 Å². The van der Waals surface area contributed by atoms with Crippen molar-refractivity contribution in [1.29, 1.82) is 5.26 Å². The van der Waals surface area contributed by atoms with Crippen LogP contribution < -0.4 is 0 Å². The standard InChI is InChI=1S/C32H17N3O/c1-34-26-12-6-8-20(19-33)31(26)24-11-7-14-28-32(24)23-10-2-4-13-27(23)35(28)21-16-17-30-25(18-21)22-9-3-5-15-29(22)36-30/h2-18H. The lowest BCUT2D eigenvalue weighted by Crippen LogP contribution is -1.93. The molecule has 2 aromatic heterocycles. The molecular formula is C32H17N3O. The van der Waals surface area contributed by atoms with Gasteiger partial charge in [-0.3, -0.25) is 0 Å². The predicted octanol–water partition coefficient (Wildman–Crippen LogP) is 8.77. The van der Waals surface area contributed by atoms with Crippen molar-refractivity contribution in [2.24, 2.45) is 0 Å². The predicted molar refractivity (Wildman–Crippen MR) is 144 cm³/mol. The number of hydrogen-bond acceptors (Lipinski definition) is 2. The van der Waals surface area contributed by atoms with E-state index >= 15 is 0 Å². The Morgan fingerprint density at radius 2 is 1.47 bits per heavy atom. The number of benzene rings is 5. The second-order valence-corrected chi connectivity index (χ2v) is 8.75. The van der Waals surface area contributed by atoms with E-state index in [1.54, 1.807) is 18.2 Å². The summed E-state index contributed by atoms with van der Waals surface area (Å²) in [5, 5.41) is 14.1. The number of nitriles is 1. The summed E-state index contributed by atoms with van der Waals surface area (Å²) in [5.74, 6) is 0. The minimum atomic E-state index is 0.477. The van der Waals surface area contributed by atoms with Gasteiger partial charge in [0.15, 0.2) is 5.69 Å². The first-order valence-corrected chi connectivity index (χ1v) is 11.6. The van der Waals surface area contributed by atoms with Crippen LogP contribution in [0.3, 0.4) is 0 Å². The van der Waals surface area contributed by atoms with Crippen molar-refractivity contribution in [2.45, 2.75) is 0 Å². The molecule has 0 saturated carbocycles. The molecular weight excluding hydrogens is 442 g/mol. The van der Waals surface area contributed by atoms with E-state index in [-0.39, 0.29) is 0 Å². The molecule has 0 unspecified atom stereocenters. The highest BCUT2D eigenvalue weighted by Gasteiger charge is 2.20. The fourth-order valence-electron chi connectivity index (χ4n) is 5.37. The third kappa shape index (κ3) is 2.73. The van der Waals surface area contributed by atoms with E-state index in [0.29, 0.717) is 16.8 Å². The summed E-state index contributed by atoms with van der Waals surface area (Å²) in [6, 6.07) is 36.4. The quantitative estimate of drug-likeness (QED) is 0.243. The monoisotopic (exact) mass is 459 g/mol. The second kappa shape index (κ2) is 7.60. The number of para-hydroxylation sites is 2. The van der Waals surface area contributed by atoms with Gasteiger partial charge in [-0.1, -0.05) is 60.7 Å². The van der Waals surface area contributed by atoms with Gasteiger partial charge in [-0.25, -0.2) is 4.85 Å². The van der Waals surface area contributed by atoms with Crippen LogP contribution in [0.15, 0.2) is 108 Å². The molecule has 0 fully saturated rings.